The second kappa shape index (κ2) is 8.01. The van der Waals surface area contributed by atoms with Gasteiger partial charge in [0.15, 0.2) is 0 Å². The number of nitrogens with zero attached hydrogens (tertiary/aromatic N) is 2. The third-order valence-corrected chi connectivity index (χ3v) is 6.59. The van der Waals surface area contributed by atoms with Crippen molar-refractivity contribution in [3.8, 4) is 10.6 Å². The average molecular weight is 382 g/mol. The maximum absolute atomic E-state index is 12.7. The zero-order valence-corrected chi connectivity index (χ0v) is 15.9. The van der Waals surface area contributed by atoms with E-state index in [9.17, 15) is 4.79 Å². The fraction of sp³-hybridized carbons (Fsp3) is 0.250. The fourth-order valence-electron chi connectivity index (χ4n) is 3.08. The van der Waals surface area contributed by atoms with Crippen molar-refractivity contribution in [1.29, 1.82) is 0 Å². The molecule has 4 nitrogen and oxygen atoms in total. The smallest absolute Gasteiger partial charge is 0.258 e. The van der Waals surface area contributed by atoms with Gasteiger partial charge in [0, 0.05) is 34.3 Å². The molecule has 1 aromatic carbocycles. The van der Waals surface area contributed by atoms with Crippen molar-refractivity contribution in [2.45, 2.75) is 36.0 Å². The van der Waals surface area contributed by atoms with Crippen LogP contribution in [-0.4, -0.2) is 21.1 Å². The maximum atomic E-state index is 12.7. The van der Waals surface area contributed by atoms with Gasteiger partial charge in [-0.3, -0.25) is 4.79 Å². The molecule has 132 valence electrons. The lowest BCUT2D eigenvalue weighted by atomic mass is 10.2. The van der Waals surface area contributed by atoms with Crippen LogP contribution >= 0.6 is 23.1 Å². The molecule has 1 aliphatic rings. The quantitative estimate of drug-likeness (QED) is 0.635. The van der Waals surface area contributed by atoms with Crippen LogP contribution in [0.25, 0.3) is 10.6 Å². The van der Waals surface area contributed by atoms with Gasteiger partial charge in [-0.1, -0.05) is 12.8 Å². The first-order valence-corrected chi connectivity index (χ1v) is 10.5. The summed E-state index contributed by atoms with van der Waals surface area (Å²) < 4.78 is 0. The Morgan fingerprint density at radius 1 is 1.08 bits per heavy atom. The van der Waals surface area contributed by atoms with Gasteiger partial charge in [-0.05, 0) is 49.2 Å². The number of anilines is 1. The summed E-state index contributed by atoms with van der Waals surface area (Å²) in [5, 5.41) is 7.33. The molecule has 3 aromatic rings. The van der Waals surface area contributed by atoms with Crippen LogP contribution < -0.4 is 5.32 Å². The van der Waals surface area contributed by atoms with Gasteiger partial charge in [0.2, 0.25) is 0 Å². The molecule has 1 N–H and O–H groups in total. The number of carbonyl (C=O) groups is 1. The predicted molar refractivity (Wildman–Crippen MR) is 108 cm³/mol. The van der Waals surface area contributed by atoms with E-state index in [4.69, 9.17) is 0 Å². The van der Waals surface area contributed by atoms with Gasteiger partial charge in [0.25, 0.3) is 5.91 Å². The summed E-state index contributed by atoms with van der Waals surface area (Å²) in [4.78, 5) is 21.5. The minimum absolute atomic E-state index is 0.111. The lowest BCUT2D eigenvalue weighted by Crippen LogP contribution is -2.14. The third-order valence-electron chi connectivity index (χ3n) is 4.42. The Labute approximate surface area is 161 Å². The molecule has 6 heteroatoms. The first-order chi connectivity index (χ1) is 12.8. The van der Waals surface area contributed by atoms with Crippen LogP contribution in [0.4, 0.5) is 5.69 Å². The van der Waals surface area contributed by atoms with Crippen molar-refractivity contribution in [3.05, 3.63) is 59.7 Å². The van der Waals surface area contributed by atoms with Gasteiger partial charge in [-0.2, -0.15) is 0 Å². The number of carbonyl (C=O) groups excluding carboxylic acids is 1. The molecule has 26 heavy (non-hydrogen) atoms. The molecule has 0 saturated heterocycles. The number of thiazole rings is 1. The van der Waals surface area contributed by atoms with Crippen LogP contribution in [0.5, 0.6) is 0 Å². The van der Waals surface area contributed by atoms with Crippen molar-refractivity contribution >= 4 is 34.7 Å². The number of amides is 1. The summed E-state index contributed by atoms with van der Waals surface area (Å²) in [6.45, 7) is 0. The Hall–Kier alpha value is -2.18. The molecule has 1 fully saturated rings. The van der Waals surface area contributed by atoms with E-state index in [0.717, 1.165) is 21.3 Å². The van der Waals surface area contributed by atoms with Crippen LogP contribution in [0.2, 0.25) is 0 Å². The standard InChI is InChI=1S/C20H19N3OS2/c24-18(17-6-3-11-21-20(17)26-16-4-1-2-5-16)23-15-9-7-14(8-10-15)19-22-12-13-25-19/h3,6-13,16H,1-2,4-5H2,(H,23,24). The highest BCUT2D eigenvalue weighted by molar-refractivity contribution is 7.99. The number of nitrogens with one attached hydrogen (secondary N) is 1. The van der Waals surface area contributed by atoms with E-state index in [1.54, 1.807) is 35.5 Å². The number of hydrogen-bond donors (Lipinski definition) is 1. The molecular formula is C20H19N3OS2. The number of rotatable bonds is 5. The van der Waals surface area contributed by atoms with Gasteiger partial charge in [-0.15, -0.1) is 23.1 Å². The SMILES string of the molecule is O=C(Nc1ccc(-c2nccs2)cc1)c1cccnc1SC1CCCC1. The van der Waals surface area contributed by atoms with E-state index in [-0.39, 0.29) is 5.91 Å². The van der Waals surface area contributed by atoms with E-state index in [1.807, 2.05) is 41.8 Å². The van der Waals surface area contributed by atoms with Crippen LogP contribution in [0, 0.1) is 0 Å². The van der Waals surface area contributed by atoms with Crippen LogP contribution in [0.15, 0.2) is 59.2 Å². The Bertz CT molecular complexity index is 872. The van der Waals surface area contributed by atoms with Crippen molar-refractivity contribution < 1.29 is 4.79 Å². The highest BCUT2D eigenvalue weighted by atomic mass is 32.2. The maximum Gasteiger partial charge on any atom is 0.258 e. The molecule has 0 radical (unpaired) electrons. The molecule has 1 amide bonds. The largest absolute Gasteiger partial charge is 0.322 e. The molecule has 0 aliphatic heterocycles. The average Bonchev–Trinajstić information content (AvgIpc) is 3.37. The molecule has 4 rings (SSSR count). The van der Waals surface area contributed by atoms with Gasteiger partial charge < -0.3 is 5.32 Å². The fourth-order valence-corrected chi connectivity index (χ4v) is 5.02. The van der Waals surface area contributed by atoms with Gasteiger partial charge in [0.1, 0.15) is 10.0 Å². The second-order valence-corrected chi connectivity index (χ2v) is 8.43. The number of aromatic nitrogens is 2. The summed E-state index contributed by atoms with van der Waals surface area (Å²) >= 11 is 3.34. The molecular weight excluding hydrogens is 362 g/mol. The number of benzene rings is 1. The highest BCUT2D eigenvalue weighted by Gasteiger charge is 2.20. The van der Waals surface area contributed by atoms with E-state index in [0.29, 0.717) is 10.8 Å². The molecule has 0 bridgehead atoms. The topological polar surface area (TPSA) is 54.9 Å². The van der Waals surface area contributed by atoms with E-state index >= 15 is 0 Å². The molecule has 0 unspecified atom stereocenters. The zero-order valence-electron chi connectivity index (χ0n) is 14.2. The van der Waals surface area contributed by atoms with Gasteiger partial charge in [-0.25, -0.2) is 9.97 Å². The van der Waals surface area contributed by atoms with E-state index < -0.39 is 0 Å². The second-order valence-electron chi connectivity index (χ2n) is 6.25. The lowest BCUT2D eigenvalue weighted by molar-refractivity contribution is 0.102. The normalized spacial score (nSPS) is 14.5. The summed E-state index contributed by atoms with van der Waals surface area (Å²) in [6, 6.07) is 11.4. The van der Waals surface area contributed by atoms with E-state index in [2.05, 4.69) is 15.3 Å². The van der Waals surface area contributed by atoms with Crippen LogP contribution in [-0.2, 0) is 0 Å². The summed E-state index contributed by atoms with van der Waals surface area (Å²) in [6.07, 6.45) is 8.52. The summed E-state index contributed by atoms with van der Waals surface area (Å²) in [5.74, 6) is -0.111. The third kappa shape index (κ3) is 3.97. The number of hydrogen-bond acceptors (Lipinski definition) is 5. The predicted octanol–water partition coefficient (Wildman–Crippen LogP) is 5.49. The van der Waals surface area contributed by atoms with Crippen LogP contribution in [0.3, 0.4) is 0 Å². The number of pyridine rings is 1. The zero-order chi connectivity index (χ0) is 17.8. The molecule has 0 spiro atoms. The Morgan fingerprint density at radius 2 is 1.88 bits per heavy atom. The van der Waals surface area contributed by atoms with Crippen LogP contribution in [0.1, 0.15) is 36.0 Å². The Balaban J connectivity index is 1.48. The monoisotopic (exact) mass is 381 g/mol. The molecule has 0 atom stereocenters. The molecule has 1 aliphatic carbocycles. The highest BCUT2D eigenvalue weighted by Crippen LogP contribution is 2.35. The number of thioether (sulfide) groups is 1. The summed E-state index contributed by atoms with van der Waals surface area (Å²) in [7, 11) is 0. The minimum atomic E-state index is -0.111. The van der Waals surface area contributed by atoms with Gasteiger partial charge >= 0.3 is 0 Å². The molecule has 1 saturated carbocycles. The van der Waals surface area contributed by atoms with Crippen molar-refractivity contribution in [1.82, 2.24) is 9.97 Å². The minimum Gasteiger partial charge on any atom is -0.322 e. The van der Waals surface area contributed by atoms with E-state index in [1.165, 1.54) is 25.7 Å². The first kappa shape index (κ1) is 17.2. The molecule has 2 aromatic heterocycles. The molecule has 2 heterocycles. The Morgan fingerprint density at radius 3 is 2.62 bits per heavy atom. The van der Waals surface area contributed by atoms with Crippen molar-refractivity contribution in [2.24, 2.45) is 0 Å². The first-order valence-electron chi connectivity index (χ1n) is 8.72. The Kier molecular flexibility index (Phi) is 5.32. The lowest BCUT2D eigenvalue weighted by Gasteiger charge is -2.12. The van der Waals surface area contributed by atoms with Crippen molar-refractivity contribution in [3.63, 3.8) is 0 Å². The summed E-state index contributed by atoms with van der Waals surface area (Å²) in [5.41, 5.74) is 2.47. The van der Waals surface area contributed by atoms with Gasteiger partial charge in [0.05, 0.1) is 5.56 Å². The van der Waals surface area contributed by atoms with Crippen molar-refractivity contribution in [2.75, 3.05) is 5.32 Å².